The van der Waals surface area contributed by atoms with Gasteiger partial charge >= 0.3 is 6.09 Å². The Balaban J connectivity index is 1.84. The van der Waals surface area contributed by atoms with Gasteiger partial charge in [0, 0.05) is 25.2 Å². The molecule has 1 fully saturated rings. The van der Waals surface area contributed by atoms with Crippen LogP contribution in [-0.2, 0) is 21.2 Å². The van der Waals surface area contributed by atoms with E-state index in [1.54, 1.807) is 23.4 Å². The van der Waals surface area contributed by atoms with Crippen LogP contribution in [0.5, 0.6) is 0 Å². The van der Waals surface area contributed by atoms with Crippen molar-refractivity contribution in [1.29, 1.82) is 0 Å². The Morgan fingerprint density at radius 3 is 2.66 bits per heavy atom. The van der Waals surface area contributed by atoms with Crippen LogP contribution in [-0.4, -0.2) is 60.2 Å². The van der Waals surface area contributed by atoms with Gasteiger partial charge in [0.1, 0.15) is 0 Å². The molecule has 0 radical (unpaired) electrons. The fourth-order valence-corrected chi connectivity index (χ4v) is 4.45. The number of piperidine rings is 1. The highest BCUT2D eigenvalue weighted by atomic mass is 32.2. The second-order valence-corrected chi connectivity index (χ2v) is 9.40. The quantitative estimate of drug-likeness (QED) is 0.774. The predicted octanol–water partition coefficient (Wildman–Crippen LogP) is 2.34. The Kier molecular flexibility index (Phi) is 6.59. The summed E-state index contributed by atoms with van der Waals surface area (Å²) in [6, 6.07) is 10.9. The first-order valence-corrected chi connectivity index (χ1v) is 11.7. The molecule has 2 heterocycles. The van der Waals surface area contributed by atoms with Crippen LogP contribution < -0.4 is 4.72 Å². The average Bonchev–Trinajstić information content (AvgIpc) is 3.10. The lowest BCUT2D eigenvalue weighted by Gasteiger charge is -2.40. The summed E-state index contributed by atoms with van der Waals surface area (Å²) in [5, 5.41) is 4.62. The molecule has 1 aliphatic heterocycles. The van der Waals surface area contributed by atoms with Crippen molar-refractivity contribution in [3.63, 3.8) is 0 Å². The summed E-state index contributed by atoms with van der Waals surface area (Å²) in [7, 11) is -3.41. The van der Waals surface area contributed by atoms with E-state index in [0.717, 1.165) is 17.6 Å². The maximum atomic E-state index is 12.6. The predicted molar refractivity (Wildman–Crippen MR) is 110 cm³/mol. The van der Waals surface area contributed by atoms with Crippen LogP contribution in [0.1, 0.15) is 32.4 Å². The smallest absolute Gasteiger partial charge is 0.410 e. The number of nitrogens with one attached hydrogen (secondary N) is 1. The van der Waals surface area contributed by atoms with Crippen molar-refractivity contribution in [3.8, 4) is 5.69 Å². The maximum absolute atomic E-state index is 12.6. The van der Waals surface area contributed by atoms with Gasteiger partial charge in [-0.15, -0.1) is 0 Å². The lowest BCUT2D eigenvalue weighted by Crippen LogP contribution is -2.58. The number of likely N-dealkylation sites (tertiary alicyclic amines) is 1. The van der Waals surface area contributed by atoms with E-state index in [0.29, 0.717) is 25.8 Å². The lowest BCUT2D eigenvalue weighted by molar-refractivity contribution is 0.0459. The highest BCUT2D eigenvalue weighted by Gasteiger charge is 2.37. The van der Waals surface area contributed by atoms with E-state index < -0.39 is 16.1 Å². The molecule has 1 amide bonds. The third kappa shape index (κ3) is 5.80. The van der Waals surface area contributed by atoms with Crippen molar-refractivity contribution >= 4 is 16.1 Å². The first kappa shape index (κ1) is 21.3. The number of benzene rings is 1. The Bertz CT molecular complexity index is 927. The van der Waals surface area contributed by atoms with Crippen molar-refractivity contribution in [2.75, 3.05) is 12.8 Å². The van der Waals surface area contributed by atoms with E-state index in [4.69, 9.17) is 4.74 Å². The molecule has 2 atom stereocenters. The molecule has 2 unspecified atom stereocenters. The molecule has 1 aliphatic rings. The number of carbonyl (C=O) groups is 1. The Labute approximate surface area is 171 Å². The topological polar surface area (TPSA) is 93.5 Å². The first-order chi connectivity index (χ1) is 13.7. The minimum Gasteiger partial charge on any atom is -0.447 e. The van der Waals surface area contributed by atoms with Crippen LogP contribution in [0.15, 0.2) is 42.6 Å². The first-order valence-electron chi connectivity index (χ1n) is 9.77. The highest BCUT2D eigenvalue weighted by Crippen LogP contribution is 2.23. The number of rotatable bonds is 6. The molecule has 29 heavy (non-hydrogen) atoms. The molecule has 3 rings (SSSR count). The highest BCUT2D eigenvalue weighted by molar-refractivity contribution is 7.88. The normalized spacial score (nSPS) is 20.1. The number of ether oxygens (including phenoxy) is 1. The zero-order chi connectivity index (χ0) is 21.0. The van der Waals surface area contributed by atoms with Gasteiger partial charge in [-0.3, -0.25) is 0 Å². The second kappa shape index (κ2) is 8.96. The Morgan fingerprint density at radius 2 is 2.00 bits per heavy atom. The summed E-state index contributed by atoms with van der Waals surface area (Å²) in [5.41, 5.74) is 1.72. The van der Waals surface area contributed by atoms with Crippen LogP contribution in [0.25, 0.3) is 5.69 Å². The van der Waals surface area contributed by atoms with E-state index in [1.165, 1.54) is 0 Å². The molecule has 158 valence electrons. The van der Waals surface area contributed by atoms with E-state index in [2.05, 4.69) is 9.82 Å². The zero-order valence-corrected chi connectivity index (χ0v) is 17.8. The number of amides is 1. The molecular weight excluding hydrogens is 392 g/mol. The Hall–Kier alpha value is -2.39. The van der Waals surface area contributed by atoms with Gasteiger partial charge in [0.05, 0.1) is 29.8 Å². The van der Waals surface area contributed by atoms with Crippen LogP contribution in [0.2, 0.25) is 0 Å². The van der Waals surface area contributed by atoms with Crippen LogP contribution >= 0.6 is 0 Å². The molecule has 8 nitrogen and oxygen atoms in total. The molecule has 0 spiro atoms. The van der Waals surface area contributed by atoms with Gasteiger partial charge in [-0.05, 0) is 44.9 Å². The number of hydrogen-bond donors (Lipinski definition) is 1. The minimum absolute atomic E-state index is 0.247. The third-order valence-corrected chi connectivity index (χ3v) is 5.53. The van der Waals surface area contributed by atoms with Gasteiger partial charge in [-0.25, -0.2) is 22.6 Å². The van der Waals surface area contributed by atoms with Gasteiger partial charge < -0.3 is 9.64 Å². The lowest BCUT2D eigenvalue weighted by atomic mass is 9.93. The summed E-state index contributed by atoms with van der Waals surface area (Å²) in [5.74, 6) is 0. The largest absolute Gasteiger partial charge is 0.447 e. The van der Waals surface area contributed by atoms with Crippen LogP contribution in [0.3, 0.4) is 0 Å². The van der Waals surface area contributed by atoms with Crippen LogP contribution in [0, 0.1) is 0 Å². The number of para-hydroxylation sites is 1. The molecule has 0 saturated carbocycles. The van der Waals surface area contributed by atoms with Gasteiger partial charge in [0.25, 0.3) is 0 Å². The molecule has 1 aromatic heterocycles. The summed E-state index contributed by atoms with van der Waals surface area (Å²) in [6.07, 6.45) is 4.12. The summed E-state index contributed by atoms with van der Waals surface area (Å²) in [4.78, 5) is 14.3. The Morgan fingerprint density at radius 1 is 1.28 bits per heavy atom. The number of carbonyl (C=O) groups excluding carboxylic acids is 1. The van der Waals surface area contributed by atoms with Crippen LogP contribution in [0.4, 0.5) is 4.79 Å². The number of nitrogens with zero attached hydrogens (tertiary/aromatic N) is 3. The van der Waals surface area contributed by atoms with Gasteiger partial charge in [-0.2, -0.15) is 5.10 Å². The van der Waals surface area contributed by atoms with Gasteiger partial charge in [0.2, 0.25) is 10.0 Å². The van der Waals surface area contributed by atoms with Crippen molar-refractivity contribution < 1.29 is 17.9 Å². The number of hydrogen-bond acceptors (Lipinski definition) is 5. The van der Waals surface area contributed by atoms with Crippen molar-refractivity contribution in [2.45, 2.75) is 51.3 Å². The van der Waals surface area contributed by atoms with Crippen molar-refractivity contribution in [1.82, 2.24) is 19.4 Å². The summed E-state index contributed by atoms with van der Waals surface area (Å²) >= 11 is 0. The second-order valence-electron chi connectivity index (χ2n) is 7.62. The van der Waals surface area contributed by atoms with E-state index in [9.17, 15) is 13.2 Å². The van der Waals surface area contributed by atoms with Gasteiger partial charge in [-0.1, -0.05) is 18.2 Å². The molecule has 0 aliphatic carbocycles. The average molecular weight is 421 g/mol. The molecule has 1 N–H and O–H groups in total. The van der Waals surface area contributed by atoms with E-state index in [1.807, 2.05) is 42.6 Å². The van der Waals surface area contributed by atoms with Crippen molar-refractivity contribution in [3.05, 3.63) is 48.3 Å². The third-order valence-electron chi connectivity index (χ3n) is 4.80. The number of aromatic nitrogens is 2. The minimum atomic E-state index is -3.41. The molecular formula is C20H28N4O4S. The van der Waals surface area contributed by atoms with E-state index >= 15 is 0 Å². The monoisotopic (exact) mass is 420 g/mol. The molecule has 1 aromatic carbocycles. The standard InChI is InChI=1S/C20H28N4O4S/c1-15(2)28-20(25)23-12-7-10-18(22-29(3,26)27)19(23)14-16-11-13-24(21-16)17-8-5-4-6-9-17/h4-6,8-9,11,13,15,18-19,22H,7,10,12,14H2,1-3H3. The number of sulfonamides is 1. The molecule has 0 bridgehead atoms. The fourth-order valence-electron chi connectivity index (χ4n) is 3.63. The SMILES string of the molecule is CC(C)OC(=O)N1CCCC(NS(C)(=O)=O)C1Cc1ccn(-c2ccccc2)n1. The maximum Gasteiger partial charge on any atom is 0.410 e. The summed E-state index contributed by atoms with van der Waals surface area (Å²) < 4.78 is 33.6. The van der Waals surface area contributed by atoms with Crippen molar-refractivity contribution in [2.24, 2.45) is 0 Å². The molecule has 9 heteroatoms. The summed E-state index contributed by atoms with van der Waals surface area (Å²) in [6.45, 7) is 4.12. The fraction of sp³-hybridized carbons (Fsp3) is 0.500. The van der Waals surface area contributed by atoms with E-state index in [-0.39, 0.29) is 18.2 Å². The zero-order valence-electron chi connectivity index (χ0n) is 17.0. The molecule has 2 aromatic rings. The van der Waals surface area contributed by atoms with Gasteiger partial charge in [0.15, 0.2) is 0 Å². The molecule has 1 saturated heterocycles.